The molecule has 0 N–H and O–H groups in total. The largest absolute Gasteiger partial charge is 0.375 e. The molecule has 0 amide bonds. The summed E-state index contributed by atoms with van der Waals surface area (Å²) in [5.74, 6) is 0. The molecule has 3 fully saturated rings. The van der Waals surface area contributed by atoms with E-state index in [-0.39, 0.29) is 5.60 Å². The molecule has 0 saturated carbocycles. The first kappa shape index (κ1) is 10.1. The Morgan fingerprint density at radius 2 is 1.47 bits per heavy atom. The maximum atomic E-state index is 6.06. The van der Waals surface area contributed by atoms with E-state index < -0.39 is 0 Å². The normalized spacial score (nSPS) is 40.0. The average Bonchev–Trinajstić information content (AvgIpc) is 3.02. The standard InChI is InChI=1S/C12H20O3/c1-4-10(13-7-1)12(6-3-9-15-12)11-5-2-8-14-11/h10-11H,1-9H2/t10-,11-/m1/s1. The van der Waals surface area contributed by atoms with E-state index in [4.69, 9.17) is 14.2 Å². The summed E-state index contributed by atoms with van der Waals surface area (Å²) in [5, 5.41) is 0. The van der Waals surface area contributed by atoms with E-state index in [0.717, 1.165) is 39.1 Å². The van der Waals surface area contributed by atoms with Crippen molar-refractivity contribution in [3.05, 3.63) is 0 Å². The summed E-state index contributed by atoms with van der Waals surface area (Å²) in [7, 11) is 0. The minimum absolute atomic E-state index is 0.0903. The lowest BCUT2D eigenvalue weighted by molar-refractivity contribution is -0.162. The summed E-state index contributed by atoms with van der Waals surface area (Å²) in [6, 6.07) is 0. The van der Waals surface area contributed by atoms with Gasteiger partial charge in [-0.3, -0.25) is 0 Å². The van der Waals surface area contributed by atoms with E-state index in [0.29, 0.717) is 12.2 Å². The molecule has 3 aliphatic rings. The molecule has 3 heteroatoms. The van der Waals surface area contributed by atoms with Crippen LogP contribution in [0.15, 0.2) is 0 Å². The highest BCUT2D eigenvalue weighted by Crippen LogP contribution is 2.42. The zero-order valence-corrected chi connectivity index (χ0v) is 9.24. The Hall–Kier alpha value is -0.120. The molecule has 0 aromatic heterocycles. The molecule has 15 heavy (non-hydrogen) atoms. The van der Waals surface area contributed by atoms with Crippen molar-refractivity contribution < 1.29 is 14.2 Å². The smallest absolute Gasteiger partial charge is 0.120 e. The summed E-state index contributed by atoms with van der Waals surface area (Å²) in [5.41, 5.74) is -0.0903. The molecule has 0 aromatic rings. The van der Waals surface area contributed by atoms with Crippen molar-refractivity contribution in [2.24, 2.45) is 0 Å². The lowest BCUT2D eigenvalue weighted by Gasteiger charge is -2.38. The highest BCUT2D eigenvalue weighted by Gasteiger charge is 2.52. The van der Waals surface area contributed by atoms with Crippen molar-refractivity contribution in [3.8, 4) is 0 Å². The summed E-state index contributed by atoms with van der Waals surface area (Å²) >= 11 is 0. The van der Waals surface area contributed by atoms with Crippen LogP contribution in [-0.4, -0.2) is 37.6 Å². The van der Waals surface area contributed by atoms with Gasteiger partial charge in [0.15, 0.2) is 0 Å². The second kappa shape index (κ2) is 4.04. The molecule has 3 saturated heterocycles. The molecular weight excluding hydrogens is 192 g/mol. The van der Waals surface area contributed by atoms with Gasteiger partial charge in [-0.1, -0.05) is 0 Å². The quantitative estimate of drug-likeness (QED) is 0.699. The van der Waals surface area contributed by atoms with Crippen molar-refractivity contribution in [3.63, 3.8) is 0 Å². The molecule has 3 aliphatic heterocycles. The third kappa shape index (κ3) is 1.61. The molecule has 86 valence electrons. The Morgan fingerprint density at radius 3 is 1.87 bits per heavy atom. The minimum atomic E-state index is -0.0903. The van der Waals surface area contributed by atoms with E-state index in [9.17, 15) is 0 Å². The zero-order valence-electron chi connectivity index (χ0n) is 9.24. The van der Waals surface area contributed by atoms with Crippen molar-refractivity contribution in [1.82, 2.24) is 0 Å². The van der Waals surface area contributed by atoms with E-state index in [2.05, 4.69) is 0 Å². The van der Waals surface area contributed by atoms with Crippen LogP contribution in [0.2, 0.25) is 0 Å². The van der Waals surface area contributed by atoms with Crippen LogP contribution in [0.3, 0.4) is 0 Å². The van der Waals surface area contributed by atoms with E-state index in [1.807, 2.05) is 0 Å². The predicted molar refractivity (Wildman–Crippen MR) is 55.9 cm³/mol. The Morgan fingerprint density at radius 1 is 0.800 bits per heavy atom. The first-order chi connectivity index (χ1) is 7.42. The second-order valence-electron chi connectivity index (χ2n) is 4.91. The Kier molecular flexibility index (Phi) is 2.71. The van der Waals surface area contributed by atoms with Gasteiger partial charge in [0.25, 0.3) is 0 Å². The van der Waals surface area contributed by atoms with Crippen LogP contribution in [0.5, 0.6) is 0 Å². The highest BCUT2D eigenvalue weighted by atomic mass is 16.6. The first-order valence-electron chi connectivity index (χ1n) is 6.29. The molecule has 0 bridgehead atoms. The van der Waals surface area contributed by atoms with Gasteiger partial charge in [0.2, 0.25) is 0 Å². The average molecular weight is 212 g/mol. The third-order valence-electron chi connectivity index (χ3n) is 4.03. The zero-order chi connectivity index (χ0) is 10.1. The lowest BCUT2D eigenvalue weighted by atomic mass is 9.84. The fraction of sp³-hybridized carbons (Fsp3) is 1.00. The van der Waals surface area contributed by atoms with Crippen molar-refractivity contribution in [2.75, 3.05) is 19.8 Å². The Balaban J connectivity index is 1.80. The van der Waals surface area contributed by atoms with Crippen LogP contribution >= 0.6 is 0 Å². The highest BCUT2D eigenvalue weighted by molar-refractivity contribution is 5.01. The number of hydrogen-bond donors (Lipinski definition) is 0. The van der Waals surface area contributed by atoms with Crippen LogP contribution in [0.25, 0.3) is 0 Å². The summed E-state index contributed by atoms with van der Waals surface area (Å²) in [4.78, 5) is 0. The molecule has 2 atom stereocenters. The van der Waals surface area contributed by atoms with E-state index in [1.165, 1.54) is 19.3 Å². The molecule has 3 nitrogen and oxygen atoms in total. The molecule has 0 aliphatic carbocycles. The third-order valence-corrected chi connectivity index (χ3v) is 4.03. The summed E-state index contributed by atoms with van der Waals surface area (Å²) in [6.45, 7) is 2.70. The monoisotopic (exact) mass is 212 g/mol. The molecular formula is C12H20O3. The number of hydrogen-bond acceptors (Lipinski definition) is 3. The van der Waals surface area contributed by atoms with Gasteiger partial charge in [0.1, 0.15) is 5.60 Å². The van der Waals surface area contributed by atoms with Gasteiger partial charge in [-0.2, -0.15) is 0 Å². The van der Waals surface area contributed by atoms with Gasteiger partial charge >= 0.3 is 0 Å². The first-order valence-corrected chi connectivity index (χ1v) is 6.29. The number of rotatable bonds is 2. The fourth-order valence-corrected chi connectivity index (χ4v) is 3.32. The van der Waals surface area contributed by atoms with Crippen molar-refractivity contribution in [1.29, 1.82) is 0 Å². The van der Waals surface area contributed by atoms with Crippen molar-refractivity contribution in [2.45, 2.75) is 56.3 Å². The second-order valence-corrected chi connectivity index (χ2v) is 4.91. The van der Waals surface area contributed by atoms with Gasteiger partial charge in [-0.05, 0) is 38.5 Å². The van der Waals surface area contributed by atoms with E-state index in [1.54, 1.807) is 0 Å². The molecule has 0 radical (unpaired) electrons. The van der Waals surface area contributed by atoms with Crippen LogP contribution in [0.1, 0.15) is 38.5 Å². The summed E-state index contributed by atoms with van der Waals surface area (Å²) in [6.07, 6.45) is 7.55. The van der Waals surface area contributed by atoms with Crippen LogP contribution in [0.4, 0.5) is 0 Å². The molecule has 3 rings (SSSR count). The molecule has 0 aromatic carbocycles. The van der Waals surface area contributed by atoms with Crippen molar-refractivity contribution >= 4 is 0 Å². The SMILES string of the molecule is C1CO[C@@H](C2([C@H]3CCCO3)CCCO2)C1. The predicted octanol–water partition coefficient (Wildman–Crippen LogP) is 1.89. The molecule has 0 spiro atoms. The Labute approximate surface area is 91.1 Å². The minimum Gasteiger partial charge on any atom is -0.375 e. The van der Waals surface area contributed by atoms with Crippen LogP contribution in [-0.2, 0) is 14.2 Å². The topological polar surface area (TPSA) is 27.7 Å². The van der Waals surface area contributed by atoms with Gasteiger partial charge in [0.05, 0.1) is 12.2 Å². The summed E-state index contributed by atoms with van der Waals surface area (Å²) < 4.78 is 17.8. The van der Waals surface area contributed by atoms with Crippen LogP contribution < -0.4 is 0 Å². The number of ether oxygens (including phenoxy) is 3. The lowest BCUT2D eigenvalue weighted by Crippen LogP contribution is -2.51. The maximum absolute atomic E-state index is 6.06. The Bertz CT molecular complexity index is 193. The fourth-order valence-electron chi connectivity index (χ4n) is 3.32. The van der Waals surface area contributed by atoms with Gasteiger partial charge < -0.3 is 14.2 Å². The van der Waals surface area contributed by atoms with E-state index >= 15 is 0 Å². The van der Waals surface area contributed by atoms with Crippen LogP contribution in [0, 0.1) is 0 Å². The molecule has 0 unspecified atom stereocenters. The van der Waals surface area contributed by atoms with Gasteiger partial charge in [-0.25, -0.2) is 0 Å². The van der Waals surface area contributed by atoms with Gasteiger partial charge in [0, 0.05) is 19.8 Å². The maximum Gasteiger partial charge on any atom is 0.120 e. The van der Waals surface area contributed by atoms with Gasteiger partial charge in [-0.15, -0.1) is 0 Å². The molecule has 3 heterocycles.